The highest BCUT2D eigenvalue weighted by molar-refractivity contribution is 7.80. The van der Waals surface area contributed by atoms with Gasteiger partial charge < -0.3 is 11.1 Å². The van der Waals surface area contributed by atoms with Gasteiger partial charge in [-0.25, -0.2) is 8.78 Å². The first-order valence-corrected chi connectivity index (χ1v) is 4.89. The van der Waals surface area contributed by atoms with Crippen molar-refractivity contribution in [1.82, 2.24) is 5.32 Å². The van der Waals surface area contributed by atoms with E-state index in [0.29, 0.717) is 0 Å². The summed E-state index contributed by atoms with van der Waals surface area (Å²) in [6.45, 7) is 0.0664. The summed E-state index contributed by atoms with van der Waals surface area (Å²) in [5.41, 5.74) is 5.30. The van der Waals surface area contributed by atoms with Crippen molar-refractivity contribution in [3.63, 3.8) is 0 Å². The highest BCUT2D eigenvalue weighted by Gasteiger charge is 2.08. The summed E-state index contributed by atoms with van der Waals surface area (Å²) in [5, 5.41) is 2.41. The van der Waals surface area contributed by atoms with Crippen molar-refractivity contribution in [3.05, 3.63) is 35.4 Å². The molecule has 0 bridgehead atoms. The Labute approximate surface area is 96.6 Å². The topological polar surface area (TPSA) is 55.1 Å². The number of carbonyl (C=O) groups is 1. The predicted molar refractivity (Wildman–Crippen MR) is 59.9 cm³/mol. The highest BCUT2D eigenvalue weighted by Crippen LogP contribution is 2.09. The molecule has 0 aliphatic rings. The van der Waals surface area contributed by atoms with Gasteiger partial charge in [-0.2, -0.15) is 0 Å². The Morgan fingerprint density at radius 1 is 1.44 bits per heavy atom. The Morgan fingerprint density at radius 3 is 2.69 bits per heavy atom. The van der Waals surface area contributed by atoms with Crippen molar-refractivity contribution in [1.29, 1.82) is 0 Å². The zero-order chi connectivity index (χ0) is 12.1. The van der Waals surface area contributed by atoms with Gasteiger partial charge >= 0.3 is 0 Å². The highest BCUT2D eigenvalue weighted by atomic mass is 32.1. The molecule has 3 nitrogen and oxygen atoms in total. The molecule has 1 rings (SSSR count). The SMILES string of the molecule is NC(=S)CNC(=O)Cc1ccc(F)cc1F. The van der Waals surface area contributed by atoms with Gasteiger partial charge in [-0.15, -0.1) is 0 Å². The Balaban J connectivity index is 2.59. The summed E-state index contributed by atoms with van der Waals surface area (Å²) in [5.74, 6) is -1.84. The molecule has 0 saturated heterocycles. The van der Waals surface area contributed by atoms with Crippen LogP contribution in [0.25, 0.3) is 0 Å². The van der Waals surface area contributed by atoms with Crippen molar-refractivity contribution in [2.45, 2.75) is 6.42 Å². The number of amides is 1. The number of benzene rings is 1. The van der Waals surface area contributed by atoms with Gasteiger partial charge in [-0.1, -0.05) is 18.3 Å². The van der Waals surface area contributed by atoms with Gasteiger partial charge in [0, 0.05) is 6.07 Å². The summed E-state index contributed by atoms with van der Waals surface area (Å²) < 4.78 is 25.7. The lowest BCUT2D eigenvalue weighted by molar-refractivity contribution is -0.120. The molecule has 0 saturated carbocycles. The monoisotopic (exact) mass is 244 g/mol. The molecule has 0 aliphatic heterocycles. The third kappa shape index (κ3) is 3.90. The van der Waals surface area contributed by atoms with Crippen LogP contribution in [0.1, 0.15) is 5.56 Å². The maximum atomic E-state index is 13.1. The Morgan fingerprint density at radius 2 is 2.12 bits per heavy atom. The van der Waals surface area contributed by atoms with E-state index >= 15 is 0 Å². The normalized spacial score (nSPS) is 9.88. The van der Waals surface area contributed by atoms with Gasteiger partial charge in [0.15, 0.2) is 0 Å². The van der Waals surface area contributed by atoms with E-state index in [2.05, 4.69) is 17.5 Å². The molecule has 0 heterocycles. The molecule has 1 aromatic carbocycles. The number of nitrogens with one attached hydrogen (secondary N) is 1. The molecule has 0 radical (unpaired) electrons. The second kappa shape index (κ2) is 5.50. The molecular formula is C10H10F2N2OS. The number of halogens is 2. The zero-order valence-corrected chi connectivity index (χ0v) is 9.11. The minimum Gasteiger partial charge on any atom is -0.392 e. The fourth-order valence-electron chi connectivity index (χ4n) is 1.09. The lowest BCUT2D eigenvalue weighted by Crippen LogP contribution is -2.33. The van der Waals surface area contributed by atoms with Crippen LogP contribution >= 0.6 is 12.2 Å². The molecular weight excluding hydrogens is 234 g/mol. The maximum absolute atomic E-state index is 13.1. The Bertz CT molecular complexity index is 423. The van der Waals surface area contributed by atoms with Crippen LogP contribution in [0, 0.1) is 11.6 Å². The number of carbonyl (C=O) groups excluding carboxylic acids is 1. The van der Waals surface area contributed by atoms with E-state index in [1.165, 1.54) is 6.07 Å². The summed E-state index contributed by atoms with van der Waals surface area (Å²) in [4.78, 5) is 11.4. The second-order valence-electron chi connectivity index (χ2n) is 3.16. The van der Waals surface area contributed by atoms with Gasteiger partial charge in [0.25, 0.3) is 0 Å². The molecule has 0 aliphatic carbocycles. The van der Waals surface area contributed by atoms with Crippen LogP contribution in [-0.2, 0) is 11.2 Å². The van der Waals surface area contributed by atoms with Crippen molar-refractivity contribution in [3.8, 4) is 0 Å². The third-order valence-corrected chi connectivity index (χ3v) is 1.97. The van der Waals surface area contributed by atoms with Crippen LogP contribution in [0.5, 0.6) is 0 Å². The molecule has 0 aromatic heterocycles. The zero-order valence-electron chi connectivity index (χ0n) is 8.30. The van der Waals surface area contributed by atoms with Crippen LogP contribution in [0.4, 0.5) is 8.78 Å². The molecule has 6 heteroatoms. The Hall–Kier alpha value is -1.56. The summed E-state index contributed by atoms with van der Waals surface area (Å²) in [7, 11) is 0. The molecule has 16 heavy (non-hydrogen) atoms. The van der Waals surface area contributed by atoms with E-state index in [9.17, 15) is 13.6 Å². The van der Waals surface area contributed by atoms with E-state index < -0.39 is 17.5 Å². The fourth-order valence-corrected chi connectivity index (χ4v) is 1.16. The van der Waals surface area contributed by atoms with E-state index in [1.807, 2.05) is 0 Å². The van der Waals surface area contributed by atoms with Crippen LogP contribution < -0.4 is 11.1 Å². The molecule has 0 unspecified atom stereocenters. The summed E-state index contributed by atoms with van der Waals surface area (Å²) >= 11 is 4.56. The van der Waals surface area contributed by atoms with Gasteiger partial charge in [0.2, 0.25) is 5.91 Å². The lowest BCUT2D eigenvalue weighted by Gasteiger charge is -2.04. The fraction of sp³-hybridized carbons (Fsp3) is 0.200. The van der Waals surface area contributed by atoms with Crippen molar-refractivity contribution in [2.75, 3.05) is 6.54 Å². The maximum Gasteiger partial charge on any atom is 0.224 e. The smallest absolute Gasteiger partial charge is 0.224 e. The first kappa shape index (κ1) is 12.5. The predicted octanol–water partition coefficient (Wildman–Crippen LogP) is 0.910. The Kier molecular flexibility index (Phi) is 4.30. The quantitative estimate of drug-likeness (QED) is 0.774. The van der Waals surface area contributed by atoms with Crippen LogP contribution in [0.2, 0.25) is 0 Å². The first-order chi connectivity index (χ1) is 7.49. The molecule has 0 spiro atoms. The largest absolute Gasteiger partial charge is 0.392 e. The summed E-state index contributed by atoms with van der Waals surface area (Å²) in [6.07, 6.45) is -0.172. The summed E-state index contributed by atoms with van der Waals surface area (Å²) in [6, 6.07) is 3.06. The van der Waals surface area contributed by atoms with Crippen LogP contribution in [-0.4, -0.2) is 17.4 Å². The van der Waals surface area contributed by atoms with Crippen LogP contribution in [0.3, 0.4) is 0 Å². The van der Waals surface area contributed by atoms with Crippen molar-refractivity contribution >= 4 is 23.1 Å². The minimum atomic E-state index is -0.745. The molecule has 1 aromatic rings. The third-order valence-electron chi connectivity index (χ3n) is 1.83. The molecule has 0 fully saturated rings. The molecule has 3 N–H and O–H groups in total. The number of rotatable bonds is 4. The van der Waals surface area contributed by atoms with Gasteiger partial charge in [0.1, 0.15) is 11.6 Å². The number of hydrogen-bond acceptors (Lipinski definition) is 2. The van der Waals surface area contributed by atoms with Gasteiger partial charge in [0.05, 0.1) is 18.0 Å². The molecule has 0 atom stereocenters. The first-order valence-electron chi connectivity index (χ1n) is 4.48. The number of hydrogen-bond donors (Lipinski definition) is 2. The lowest BCUT2D eigenvalue weighted by atomic mass is 10.1. The van der Waals surface area contributed by atoms with E-state index in [-0.39, 0.29) is 23.5 Å². The van der Waals surface area contributed by atoms with E-state index in [4.69, 9.17) is 5.73 Å². The van der Waals surface area contributed by atoms with Crippen LogP contribution in [0.15, 0.2) is 18.2 Å². The average Bonchev–Trinajstić information content (AvgIpc) is 2.19. The standard InChI is InChI=1S/C10H10F2N2OS/c11-7-2-1-6(8(12)4-7)3-10(15)14-5-9(13)16/h1-2,4H,3,5H2,(H2,13,16)(H,14,15). The van der Waals surface area contributed by atoms with Crippen molar-refractivity contribution < 1.29 is 13.6 Å². The molecule has 86 valence electrons. The number of thiocarbonyl (C=S) groups is 1. The van der Waals surface area contributed by atoms with E-state index in [0.717, 1.165) is 12.1 Å². The number of nitrogens with two attached hydrogens (primary N) is 1. The van der Waals surface area contributed by atoms with Gasteiger partial charge in [-0.3, -0.25) is 4.79 Å². The van der Waals surface area contributed by atoms with Gasteiger partial charge in [-0.05, 0) is 11.6 Å². The average molecular weight is 244 g/mol. The minimum absolute atomic E-state index is 0.0664. The van der Waals surface area contributed by atoms with Crippen molar-refractivity contribution in [2.24, 2.45) is 5.73 Å². The van der Waals surface area contributed by atoms with E-state index in [1.54, 1.807) is 0 Å². The second-order valence-corrected chi connectivity index (χ2v) is 3.68. The molecule has 1 amide bonds.